The predicted molar refractivity (Wildman–Crippen MR) is 58.6 cm³/mol. The molecule has 76 valence electrons. The molecule has 13 heavy (non-hydrogen) atoms. The van der Waals surface area contributed by atoms with Gasteiger partial charge in [0.05, 0.1) is 0 Å². The second kappa shape index (κ2) is 6.66. The third-order valence-electron chi connectivity index (χ3n) is 2.32. The number of rotatable bonds is 4. The SMILES string of the molecule is Cl/C=C/CN1CCN(CCCl)CC1. The molecule has 0 radical (unpaired) electrons. The molecule has 0 aliphatic carbocycles. The Morgan fingerprint density at radius 1 is 1.08 bits per heavy atom. The van der Waals surface area contributed by atoms with E-state index < -0.39 is 0 Å². The van der Waals surface area contributed by atoms with Crippen molar-refractivity contribution in [2.75, 3.05) is 45.1 Å². The van der Waals surface area contributed by atoms with Crippen molar-refractivity contribution in [3.8, 4) is 0 Å². The van der Waals surface area contributed by atoms with E-state index in [2.05, 4.69) is 9.80 Å². The third kappa shape index (κ3) is 4.32. The Bertz CT molecular complexity index is 154. The first-order chi connectivity index (χ1) is 6.36. The lowest BCUT2D eigenvalue weighted by Crippen LogP contribution is -2.46. The molecule has 1 rings (SSSR count). The predicted octanol–water partition coefficient (Wildman–Crippen LogP) is 1.60. The highest BCUT2D eigenvalue weighted by Crippen LogP contribution is 2.01. The largest absolute Gasteiger partial charge is 0.300 e. The molecule has 0 aromatic carbocycles. The molecular formula is C9H16Cl2N2. The summed E-state index contributed by atoms with van der Waals surface area (Å²) in [7, 11) is 0. The van der Waals surface area contributed by atoms with Gasteiger partial charge in [-0.2, -0.15) is 0 Å². The van der Waals surface area contributed by atoms with Gasteiger partial charge in [0, 0.05) is 50.7 Å². The zero-order valence-electron chi connectivity index (χ0n) is 7.75. The fourth-order valence-electron chi connectivity index (χ4n) is 1.50. The van der Waals surface area contributed by atoms with E-state index in [0.29, 0.717) is 0 Å². The molecule has 0 aromatic rings. The van der Waals surface area contributed by atoms with Crippen LogP contribution in [0.15, 0.2) is 11.6 Å². The number of piperazine rings is 1. The molecule has 1 saturated heterocycles. The molecule has 4 heteroatoms. The van der Waals surface area contributed by atoms with Crippen LogP contribution in [0.1, 0.15) is 0 Å². The first kappa shape index (κ1) is 11.3. The summed E-state index contributed by atoms with van der Waals surface area (Å²) in [6.07, 6.45) is 1.98. The van der Waals surface area contributed by atoms with Crippen molar-refractivity contribution in [3.63, 3.8) is 0 Å². The highest BCUT2D eigenvalue weighted by Gasteiger charge is 2.14. The lowest BCUT2D eigenvalue weighted by atomic mass is 10.3. The van der Waals surface area contributed by atoms with Crippen LogP contribution in [0.25, 0.3) is 0 Å². The van der Waals surface area contributed by atoms with Crippen molar-refractivity contribution in [2.45, 2.75) is 0 Å². The molecule has 1 heterocycles. The van der Waals surface area contributed by atoms with E-state index in [-0.39, 0.29) is 0 Å². The minimum atomic E-state index is 0.738. The Kier molecular flexibility index (Phi) is 5.80. The molecule has 1 aliphatic heterocycles. The summed E-state index contributed by atoms with van der Waals surface area (Å²) in [6.45, 7) is 6.49. The maximum Gasteiger partial charge on any atom is 0.0351 e. The molecule has 1 aliphatic rings. The molecule has 0 amide bonds. The highest BCUT2D eigenvalue weighted by atomic mass is 35.5. The normalized spacial score (nSPS) is 21.4. The second-order valence-electron chi connectivity index (χ2n) is 3.19. The Balaban J connectivity index is 2.14. The molecule has 0 bridgehead atoms. The fraction of sp³-hybridized carbons (Fsp3) is 0.778. The summed E-state index contributed by atoms with van der Waals surface area (Å²) in [5.41, 5.74) is 1.59. The summed E-state index contributed by atoms with van der Waals surface area (Å²) in [4.78, 5) is 4.79. The van der Waals surface area contributed by atoms with Gasteiger partial charge in [-0.1, -0.05) is 17.7 Å². The second-order valence-corrected chi connectivity index (χ2v) is 3.82. The maximum atomic E-state index is 5.67. The first-order valence-electron chi connectivity index (χ1n) is 4.62. The van der Waals surface area contributed by atoms with E-state index in [1.807, 2.05) is 6.08 Å². The molecule has 1 fully saturated rings. The van der Waals surface area contributed by atoms with Crippen LogP contribution in [0.4, 0.5) is 0 Å². The van der Waals surface area contributed by atoms with E-state index in [1.165, 1.54) is 0 Å². The van der Waals surface area contributed by atoms with Gasteiger partial charge < -0.3 is 0 Å². The van der Waals surface area contributed by atoms with Gasteiger partial charge in [0.15, 0.2) is 0 Å². The van der Waals surface area contributed by atoms with Gasteiger partial charge in [-0.15, -0.1) is 11.6 Å². The fourth-order valence-corrected chi connectivity index (χ4v) is 1.82. The monoisotopic (exact) mass is 222 g/mol. The van der Waals surface area contributed by atoms with Crippen LogP contribution in [-0.2, 0) is 0 Å². The summed E-state index contributed by atoms with van der Waals surface area (Å²) >= 11 is 11.1. The molecule has 0 spiro atoms. The van der Waals surface area contributed by atoms with E-state index in [1.54, 1.807) is 5.54 Å². The van der Waals surface area contributed by atoms with Crippen molar-refractivity contribution >= 4 is 23.2 Å². The van der Waals surface area contributed by atoms with Crippen LogP contribution < -0.4 is 0 Å². The molecule has 0 aromatic heterocycles. The number of alkyl halides is 1. The molecule has 0 atom stereocenters. The number of nitrogens with zero attached hydrogens (tertiary/aromatic N) is 2. The molecule has 0 unspecified atom stereocenters. The highest BCUT2D eigenvalue weighted by molar-refractivity contribution is 6.25. The minimum absolute atomic E-state index is 0.738. The zero-order chi connectivity index (χ0) is 9.52. The van der Waals surface area contributed by atoms with Crippen LogP contribution in [-0.4, -0.2) is 54.9 Å². The third-order valence-corrected chi connectivity index (χ3v) is 2.67. The first-order valence-corrected chi connectivity index (χ1v) is 5.60. The zero-order valence-corrected chi connectivity index (χ0v) is 9.27. The number of halogens is 2. The van der Waals surface area contributed by atoms with Gasteiger partial charge >= 0.3 is 0 Å². The molecular weight excluding hydrogens is 207 g/mol. The summed E-state index contributed by atoms with van der Waals surface area (Å²) in [5.74, 6) is 0.738. The molecule has 0 N–H and O–H groups in total. The average Bonchev–Trinajstić information content (AvgIpc) is 2.17. The van der Waals surface area contributed by atoms with Gasteiger partial charge in [-0.3, -0.25) is 9.80 Å². The quantitative estimate of drug-likeness (QED) is 0.668. The van der Waals surface area contributed by atoms with Crippen molar-refractivity contribution in [2.24, 2.45) is 0 Å². The Labute approximate surface area is 90.1 Å². The lowest BCUT2D eigenvalue weighted by molar-refractivity contribution is 0.149. The van der Waals surface area contributed by atoms with Crippen molar-refractivity contribution in [1.29, 1.82) is 0 Å². The van der Waals surface area contributed by atoms with Crippen LogP contribution in [0.3, 0.4) is 0 Å². The molecule has 2 nitrogen and oxygen atoms in total. The van der Waals surface area contributed by atoms with Gasteiger partial charge in [-0.05, 0) is 0 Å². The van der Waals surface area contributed by atoms with Gasteiger partial charge in [-0.25, -0.2) is 0 Å². The van der Waals surface area contributed by atoms with Crippen molar-refractivity contribution in [1.82, 2.24) is 9.80 Å². The number of hydrogen-bond acceptors (Lipinski definition) is 2. The van der Waals surface area contributed by atoms with E-state index in [9.17, 15) is 0 Å². The van der Waals surface area contributed by atoms with Crippen LogP contribution in [0.5, 0.6) is 0 Å². The lowest BCUT2D eigenvalue weighted by Gasteiger charge is -2.33. The Morgan fingerprint density at radius 3 is 2.23 bits per heavy atom. The maximum absolute atomic E-state index is 5.67. The van der Waals surface area contributed by atoms with Gasteiger partial charge in [0.25, 0.3) is 0 Å². The Morgan fingerprint density at radius 2 is 1.69 bits per heavy atom. The Hall–Kier alpha value is 0.240. The van der Waals surface area contributed by atoms with Crippen LogP contribution in [0, 0.1) is 0 Å². The number of hydrogen-bond donors (Lipinski definition) is 0. The van der Waals surface area contributed by atoms with E-state index in [0.717, 1.165) is 45.1 Å². The van der Waals surface area contributed by atoms with Crippen LogP contribution in [0.2, 0.25) is 0 Å². The van der Waals surface area contributed by atoms with E-state index in [4.69, 9.17) is 23.2 Å². The van der Waals surface area contributed by atoms with Crippen molar-refractivity contribution < 1.29 is 0 Å². The minimum Gasteiger partial charge on any atom is -0.300 e. The summed E-state index contributed by atoms with van der Waals surface area (Å²) in [6, 6.07) is 0. The standard InChI is InChI=1S/C9H16Cl2N2/c10-2-1-4-12-6-8-13(5-3-11)9-7-12/h1-2H,3-9H2/b2-1+. The van der Waals surface area contributed by atoms with Gasteiger partial charge in [0.1, 0.15) is 0 Å². The topological polar surface area (TPSA) is 6.48 Å². The smallest absolute Gasteiger partial charge is 0.0351 e. The summed E-state index contributed by atoms with van der Waals surface area (Å²) in [5, 5.41) is 0. The van der Waals surface area contributed by atoms with Gasteiger partial charge in [0.2, 0.25) is 0 Å². The molecule has 0 saturated carbocycles. The van der Waals surface area contributed by atoms with Crippen molar-refractivity contribution in [3.05, 3.63) is 11.6 Å². The average molecular weight is 223 g/mol. The van der Waals surface area contributed by atoms with E-state index >= 15 is 0 Å². The van der Waals surface area contributed by atoms with Crippen LogP contribution >= 0.6 is 23.2 Å². The summed E-state index contributed by atoms with van der Waals surface area (Å²) < 4.78 is 0.